The summed E-state index contributed by atoms with van der Waals surface area (Å²) in [4.78, 5) is 16.4. The lowest BCUT2D eigenvalue weighted by Crippen LogP contribution is -2.55. The summed E-state index contributed by atoms with van der Waals surface area (Å²) in [6.07, 6.45) is 7.42. The molecule has 0 radical (unpaired) electrons. The van der Waals surface area contributed by atoms with E-state index in [4.69, 9.17) is 0 Å². The Bertz CT molecular complexity index is 288. The average Bonchev–Trinajstić information content (AvgIpc) is 2.70. The van der Waals surface area contributed by atoms with Gasteiger partial charge < -0.3 is 10.0 Å². The number of aliphatic carboxylic acids is 1. The van der Waals surface area contributed by atoms with Crippen LogP contribution in [0.4, 0.5) is 0 Å². The minimum atomic E-state index is -0.597. The van der Waals surface area contributed by atoms with Crippen molar-refractivity contribution in [3.8, 4) is 0 Å². The van der Waals surface area contributed by atoms with E-state index in [-0.39, 0.29) is 0 Å². The molecule has 0 aliphatic carbocycles. The van der Waals surface area contributed by atoms with E-state index >= 15 is 0 Å². The summed E-state index contributed by atoms with van der Waals surface area (Å²) in [7, 11) is 2.10. The Kier molecular flexibility index (Phi) is 4.62. The third-order valence-electron chi connectivity index (χ3n) is 4.65. The highest BCUT2D eigenvalue weighted by molar-refractivity contribution is 5.79. The standard InChI is InChI=1S/C14H26N2O2/c1-15-9-6-7-14(8-12-15,13(17)18)16-10-4-2-3-5-11-16/h2-12H2,1H3,(H,17,18). The highest BCUT2D eigenvalue weighted by atomic mass is 16.4. The number of rotatable bonds is 2. The fraction of sp³-hybridized carbons (Fsp3) is 0.929. The third-order valence-corrected chi connectivity index (χ3v) is 4.65. The molecular weight excluding hydrogens is 228 g/mol. The van der Waals surface area contributed by atoms with Crippen molar-refractivity contribution < 1.29 is 9.90 Å². The molecule has 0 amide bonds. The first-order chi connectivity index (χ1) is 8.65. The highest BCUT2D eigenvalue weighted by Gasteiger charge is 2.44. The summed E-state index contributed by atoms with van der Waals surface area (Å²) in [5.41, 5.74) is -0.588. The molecule has 1 atom stereocenters. The Morgan fingerprint density at radius 2 is 1.61 bits per heavy atom. The zero-order valence-electron chi connectivity index (χ0n) is 11.5. The molecule has 2 heterocycles. The third kappa shape index (κ3) is 2.86. The van der Waals surface area contributed by atoms with Crippen molar-refractivity contribution in [2.24, 2.45) is 0 Å². The van der Waals surface area contributed by atoms with Crippen LogP contribution in [0.2, 0.25) is 0 Å². The summed E-state index contributed by atoms with van der Waals surface area (Å²) >= 11 is 0. The molecule has 4 nitrogen and oxygen atoms in total. The van der Waals surface area contributed by atoms with Crippen molar-refractivity contribution in [1.82, 2.24) is 9.80 Å². The van der Waals surface area contributed by atoms with Crippen molar-refractivity contribution in [2.75, 3.05) is 33.2 Å². The Balaban J connectivity index is 2.16. The summed E-state index contributed by atoms with van der Waals surface area (Å²) in [6, 6.07) is 0. The van der Waals surface area contributed by atoms with Crippen molar-refractivity contribution in [2.45, 2.75) is 50.5 Å². The molecule has 104 valence electrons. The number of hydrogen-bond acceptors (Lipinski definition) is 3. The van der Waals surface area contributed by atoms with Crippen molar-refractivity contribution in [3.63, 3.8) is 0 Å². The lowest BCUT2D eigenvalue weighted by molar-refractivity contribution is -0.152. The highest BCUT2D eigenvalue weighted by Crippen LogP contribution is 2.31. The number of carboxylic acid groups (broad SMARTS) is 1. The van der Waals surface area contributed by atoms with Crippen LogP contribution in [0.15, 0.2) is 0 Å². The number of carbonyl (C=O) groups is 1. The van der Waals surface area contributed by atoms with Gasteiger partial charge in [-0.15, -0.1) is 0 Å². The van der Waals surface area contributed by atoms with Gasteiger partial charge in [-0.3, -0.25) is 9.69 Å². The molecule has 0 aromatic heterocycles. The van der Waals surface area contributed by atoms with Crippen LogP contribution in [-0.4, -0.2) is 59.6 Å². The minimum Gasteiger partial charge on any atom is -0.480 e. The van der Waals surface area contributed by atoms with Crippen LogP contribution in [-0.2, 0) is 4.79 Å². The molecule has 2 saturated heterocycles. The summed E-state index contributed by atoms with van der Waals surface area (Å²) < 4.78 is 0. The van der Waals surface area contributed by atoms with Gasteiger partial charge in [0, 0.05) is 6.54 Å². The van der Waals surface area contributed by atoms with Gasteiger partial charge in [0.1, 0.15) is 5.54 Å². The smallest absolute Gasteiger partial charge is 0.324 e. The zero-order chi connectivity index (χ0) is 13.0. The molecular formula is C14H26N2O2. The van der Waals surface area contributed by atoms with Gasteiger partial charge in [0.25, 0.3) is 0 Å². The summed E-state index contributed by atoms with van der Waals surface area (Å²) in [5, 5.41) is 9.78. The fourth-order valence-electron chi connectivity index (χ4n) is 3.42. The van der Waals surface area contributed by atoms with E-state index in [0.29, 0.717) is 0 Å². The number of hydrogen-bond donors (Lipinski definition) is 1. The molecule has 4 heteroatoms. The molecule has 2 aliphatic rings. The summed E-state index contributed by atoms with van der Waals surface area (Å²) in [5.74, 6) is -0.597. The topological polar surface area (TPSA) is 43.8 Å². The van der Waals surface area contributed by atoms with Gasteiger partial charge in [-0.05, 0) is 58.8 Å². The Morgan fingerprint density at radius 1 is 0.944 bits per heavy atom. The normalized spacial score (nSPS) is 32.7. The average molecular weight is 254 g/mol. The Hall–Kier alpha value is -0.610. The second-order valence-electron chi connectivity index (χ2n) is 5.89. The maximum atomic E-state index is 11.9. The molecule has 0 bridgehead atoms. The van der Waals surface area contributed by atoms with E-state index in [1.807, 2.05) is 0 Å². The van der Waals surface area contributed by atoms with Gasteiger partial charge >= 0.3 is 5.97 Å². The number of nitrogens with zero attached hydrogens (tertiary/aromatic N) is 2. The maximum Gasteiger partial charge on any atom is 0.324 e. The lowest BCUT2D eigenvalue weighted by Gasteiger charge is -2.39. The quantitative estimate of drug-likeness (QED) is 0.816. The van der Waals surface area contributed by atoms with Gasteiger partial charge in [-0.2, -0.15) is 0 Å². The van der Waals surface area contributed by atoms with E-state index in [2.05, 4.69) is 16.8 Å². The predicted molar refractivity (Wildman–Crippen MR) is 71.8 cm³/mol. The SMILES string of the molecule is CN1CCCC(C(=O)O)(N2CCCCCC2)CC1. The van der Waals surface area contributed by atoms with E-state index in [9.17, 15) is 9.90 Å². The van der Waals surface area contributed by atoms with Crippen molar-refractivity contribution in [3.05, 3.63) is 0 Å². The fourth-order valence-corrected chi connectivity index (χ4v) is 3.42. The molecule has 2 rings (SSSR count). The molecule has 2 fully saturated rings. The Labute approximate surface area is 110 Å². The predicted octanol–water partition coefficient (Wildman–Crippen LogP) is 1.80. The monoisotopic (exact) mass is 254 g/mol. The molecule has 0 aromatic carbocycles. The molecule has 0 spiro atoms. The maximum absolute atomic E-state index is 11.9. The van der Waals surface area contributed by atoms with Crippen LogP contribution >= 0.6 is 0 Å². The molecule has 1 N–H and O–H groups in total. The molecule has 2 aliphatic heterocycles. The van der Waals surface area contributed by atoms with Gasteiger partial charge in [-0.1, -0.05) is 12.8 Å². The molecule has 0 saturated carbocycles. The van der Waals surface area contributed by atoms with Gasteiger partial charge in [0.15, 0.2) is 0 Å². The van der Waals surface area contributed by atoms with Crippen LogP contribution in [0.5, 0.6) is 0 Å². The number of carboxylic acids is 1. The zero-order valence-corrected chi connectivity index (χ0v) is 11.5. The first kappa shape index (κ1) is 13.8. The second-order valence-corrected chi connectivity index (χ2v) is 5.89. The molecule has 1 unspecified atom stereocenters. The van der Waals surface area contributed by atoms with Crippen LogP contribution < -0.4 is 0 Å². The van der Waals surface area contributed by atoms with Crippen LogP contribution in [0, 0.1) is 0 Å². The van der Waals surface area contributed by atoms with Crippen molar-refractivity contribution in [1.29, 1.82) is 0 Å². The molecule has 18 heavy (non-hydrogen) atoms. The van der Waals surface area contributed by atoms with Gasteiger partial charge in [0.2, 0.25) is 0 Å². The van der Waals surface area contributed by atoms with E-state index in [1.165, 1.54) is 12.8 Å². The Morgan fingerprint density at radius 3 is 2.22 bits per heavy atom. The minimum absolute atomic E-state index is 0.588. The first-order valence-electron chi connectivity index (χ1n) is 7.32. The van der Waals surface area contributed by atoms with E-state index < -0.39 is 11.5 Å². The number of likely N-dealkylation sites (tertiary alicyclic amines) is 2. The van der Waals surface area contributed by atoms with Gasteiger partial charge in [0.05, 0.1) is 0 Å². The summed E-state index contributed by atoms with van der Waals surface area (Å²) in [6.45, 7) is 3.87. The van der Waals surface area contributed by atoms with Gasteiger partial charge in [-0.25, -0.2) is 0 Å². The van der Waals surface area contributed by atoms with Crippen LogP contribution in [0.25, 0.3) is 0 Å². The first-order valence-corrected chi connectivity index (χ1v) is 7.32. The van der Waals surface area contributed by atoms with Crippen LogP contribution in [0.3, 0.4) is 0 Å². The largest absolute Gasteiger partial charge is 0.480 e. The van der Waals surface area contributed by atoms with E-state index in [1.54, 1.807) is 0 Å². The molecule has 0 aromatic rings. The van der Waals surface area contributed by atoms with Crippen molar-refractivity contribution >= 4 is 5.97 Å². The van der Waals surface area contributed by atoms with E-state index in [0.717, 1.165) is 58.3 Å². The van der Waals surface area contributed by atoms with Crippen LogP contribution in [0.1, 0.15) is 44.9 Å². The second kappa shape index (κ2) is 6.02. The lowest BCUT2D eigenvalue weighted by atomic mass is 9.88.